The van der Waals surface area contributed by atoms with Gasteiger partial charge in [0.05, 0.1) is 0 Å². The SMILES string of the molecule is Cc1cc(OC2CCCCCC2N)ccc1Cl. The van der Waals surface area contributed by atoms with Crippen LogP contribution < -0.4 is 10.5 Å². The summed E-state index contributed by atoms with van der Waals surface area (Å²) >= 11 is 6.00. The fourth-order valence-corrected chi connectivity index (χ4v) is 2.43. The van der Waals surface area contributed by atoms with Gasteiger partial charge in [0.15, 0.2) is 0 Å². The fraction of sp³-hybridized carbons (Fsp3) is 0.571. The van der Waals surface area contributed by atoms with E-state index in [-0.39, 0.29) is 12.1 Å². The predicted molar refractivity (Wildman–Crippen MR) is 71.7 cm³/mol. The van der Waals surface area contributed by atoms with E-state index in [4.69, 9.17) is 22.1 Å². The zero-order valence-electron chi connectivity index (χ0n) is 10.3. The number of halogens is 1. The van der Waals surface area contributed by atoms with Crippen LogP contribution in [-0.4, -0.2) is 12.1 Å². The number of rotatable bonds is 2. The highest BCUT2D eigenvalue weighted by atomic mass is 35.5. The highest BCUT2D eigenvalue weighted by molar-refractivity contribution is 6.31. The Morgan fingerprint density at radius 3 is 2.76 bits per heavy atom. The van der Waals surface area contributed by atoms with Gasteiger partial charge in [-0.3, -0.25) is 0 Å². The average Bonchev–Trinajstić information content (AvgIpc) is 2.50. The molecule has 1 fully saturated rings. The van der Waals surface area contributed by atoms with Crippen LogP contribution in [0, 0.1) is 6.92 Å². The first-order valence-corrected chi connectivity index (χ1v) is 6.73. The Balaban J connectivity index is 2.05. The predicted octanol–water partition coefficient (Wildman–Crippen LogP) is 3.69. The van der Waals surface area contributed by atoms with Crippen molar-refractivity contribution in [1.82, 2.24) is 0 Å². The molecule has 2 rings (SSSR count). The number of nitrogens with two attached hydrogens (primary N) is 1. The molecule has 1 saturated carbocycles. The van der Waals surface area contributed by atoms with Crippen molar-refractivity contribution in [2.45, 2.75) is 51.2 Å². The molecule has 0 aliphatic heterocycles. The molecular weight excluding hydrogens is 234 g/mol. The number of aryl methyl sites for hydroxylation is 1. The number of hydrogen-bond acceptors (Lipinski definition) is 2. The third kappa shape index (κ3) is 3.36. The van der Waals surface area contributed by atoms with Crippen LogP contribution in [0.4, 0.5) is 0 Å². The summed E-state index contributed by atoms with van der Waals surface area (Å²) in [5.74, 6) is 0.884. The zero-order chi connectivity index (χ0) is 12.3. The molecule has 0 aromatic heterocycles. The quantitative estimate of drug-likeness (QED) is 0.816. The zero-order valence-corrected chi connectivity index (χ0v) is 11.0. The molecule has 2 unspecified atom stereocenters. The van der Waals surface area contributed by atoms with E-state index in [0.29, 0.717) is 0 Å². The van der Waals surface area contributed by atoms with Crippen LogP contribution in [0.5, 0.6) is 5.75 Å². The van der Waals surface area contributed by atoms with Gasteiger partial charge in [-0.2, -0.15) is 0 Å². The molecule has 94 valence electrons. The minimum atomic E-state index is 0.151. The molecule has 2 atom stereocenters. The Morgan fingerprint density at radius 2 is 2.00 bits per heavy atom. The van der Waals surface area contributed by atoms with Gasteiger partial charge in [-0.15, -0.1) is 0 Å². The molecule has 2 nitrogen and oxygen atoms in total. The first-order valence-electron chi connectivity index (χ1n) is 6.35. The normalized spacial score (nSPS) is 25.4. The molecule has 1 aliphatic rings. The van der Waals surface area contributed by atoms with Gasteiger partial charge in [0.2, 0.25) is 0 Å². The van der Waals surface area contributed by atoms with Crippen molar-refractivity contribution in [2.24, 2.45) is 5.73 Å². The Bertz CT molecular complexity index is 380. The number of hydrogen-bond donors (Lipinski definition) is 1. The third-order valence-electron chi connectivity index (χ3n) is 3.42. The Labute approximate surface area is 108 Å². The molecule has 1 aromatic carbocycles. The Hall–Kier alpha value is -0.730. The van der Waals surface area contributed by atoms with Crippen molar-refractivity contribution in [3.05, 3.63) is 28.8 Å². The average molecular weight is 254 g/mol. The number of benzene rings is 1. The molecule has 0 bridgehead atoms. The topological polar surface area (TPSA) is 35.2 Å². The summed E-state index contributed by atoms with van der Waals surface area (Å²) in [7, 11) is 0. The molecule has 17 heavy (non-hydrogen) atoms. The maximum absolute atomic E-state index is 6.14. The van der Waals surface area contributed by atoms with Gasteiger partial charge in [-0.05, 0) is 49.9 Å². The van der Waals surface area contributed by atoms with Crippen LogP contribution in [0.1, 0.15) is 37.7 Å². The molecule has 1 aliphatic carbocycles. The first kappa shape index (κ1) is 12.7. The number of ether oxygens (including phenoxy) is 1. The van der Waals surface area contributed by atoms with Gasteiger partial charge in [0.25, 0.3) is 0 Å². The largest absolute Gasteiger partial charge is 0.489 e. The van der Waals surface area contributed by atoms with Crippen molar-refractivity contribution in [2.75, 3.05) is 0 Å². The molecule has 0 saturated heterocycles. The summed E-state index contributed by atoms with van der Waals surface area (Å²) in [4.78, 5) is 0. The van der Waals surface area contributed by atoms with E-state index in [1.165, 1.54) is 19.3 Å². The van der Waals surface area contributed by atoms with Gasteiger partial charge in [-0.1, -0.05) is 24.4 Å². The van der Waals surface area contributed by atoms with E-state index >= 15 is 0 Å². The van der Waals surface area contributed by atoms with Gasteiger partial charge in [0, 0.05) is 11.1 Å². The highest BCUT2D eigenvalue weighted by Crippen LogP contribution is 2.25. The second-order valence-corrected chi connectivity index (χ2v) is 5.28. The maximum atomic E-state index is 6.14. The van der Waals surface area contributed by atoms with E-state index in [0.717, 1.165) is 29.2 Å². The molecule has 0 amide bonds. The summed E-state index contributed by atoms with van der Waals surface area (Å²) in [6.07, 6.45) is 5.98. The third-order valence-corrected chi connectivity index (χ3v) is 3.84. The molecule has 1 aromatic rings. The molecule has 0 heterocycles. The Morgan fingerprint density at radius 1 is 1.24 bits per heavy atom. The summed E-state index contributed by atoms with van der Waals surface area (Å²) in [6.45, 7) is 1.99. The lowest BCUT2D eigenvalue weighted by Crippen LogP contribution is -2.37. The van der Waals surface area contributed by atoms with Crippen molar-refractivity contribution < 1.29 is 4.74 Å². The lowest BCUT2D eigenvalue weighted by molar-refractivity contribution is 0.162. The van der Waals surface area contributed by atoms with E-state index in [9.17, 15) is 0 Å². The standard InChI is InChI=1S/C14H20ClNO/c1-10-9-11(7-8-12(10)15)17-14-6-4-2-3-5-13(14)16/h7-9,13-14H,2-6,16H2,1H3. The van der Waals surface area contributed by atoms with Crippen LogP contribution in [0.25, 0.3) is 0 Å². The van der Waals surface area contributed by atoms with Crippen LogP contribution >= 0.6 is 11.6 Å². The van der Waals surface area contributed by atoms with Gasteiger partial charge < -0.3 is 10.5 Å². The second-order valence-electron chi connectivity index (χ2n) is 4.87. The van der Waals surface area contributed by atoms with Crippen LogP contribution in [0.3, 0.4) is 0 Å². The summed E-state index contributed by atoms with van der Waals surface area (Å²) in [6, 6.07) is 5.95. The van der Waals surface area contributed by atoms with Crippen molar-refractivity contribution in [3.63, 3.8) is 0 Å². The molecule has 3 heteroatoms. The van der Waals surface area contributed by atoms with Crippen molar-refractivity contribution in [3.8, 4) is 5.75 Å². The van der Waals surface area contributed by atoms with E-state index < -0.39 is 0 Å². The van der Waals surface area contributed by atoms with E-state index in [1.807, 2.05) is 25.1 Å². The molecule has 2 N–H and O–H groups in total. The van der Waals surface area contributed by atoms with E-state index in [1.54, 1.807) is 0 Å². The van der Waals surface area contributed by atoms with Crippen molar-refractivity contribution in [1.29, 1.82) is 0 Å². The van der Waals surface area contributed by atoms with Crippen LogP contribution in [-0.2, 0) is 0 Å². The molecular formula is C14H20ClNO. The molecule has 0 radical (unpaired) electrons. The summed E-state index contributed by atoms with van der Waals surface area (Å²) in [5, 5.41) is 0.780. The minimum absolute atomic E-state index is 0.151. The Kier molecular flexibility index (Phi) is 4.30. The maximum Gasteiger partial charge on any atom is 0.120 e. The lowest BCUT2D eigenvalue weighted by Gasteiger charge is -2.23. The second kappa shape index (κ2) is 5.74. The highest BCUT2D eigenvalue weighted by Gasteiger charge is 2.21. The fourth-order valence-electron chi connectivity index (χ4n) is 2.31. The van der Waals surface area contributed by atoms with Crippen molar-refractivity contribution >= 4 is 11.6 Å². The minimum Gasteiger partial charge on any atom is -0.489 e. The monoisotopic (exact) mass is 253 g/mol. The van der Waals surface area contributed by atoms with Crippen LogP contribution in [0.15, 0.2) is 18.2 Å². The first-order chi connectivity index (χ1) is 8.16. The van der Waals surface area contributed by atoms with Gasteiger partial charge in [-0.25, -0.2) is 0 Å². The lowest BCUT2D eigenvalue weighted by atomic mass is 10.1. The summed E-state index contributed by atoms with van der Waals surface area (Å²) < 4.78 is 6.00. The smallest absolute Gasteiger partial charge is 0.120 e. The van der Waals surface area contributed by atoms with Gasteiger partial charge >= 0.3 is 0 Å². The van der Waals surface area contributed by atoms with Gasteiger partial charge in [0.1, 0.15) is 11.9 Å². The molecule has 0 spiro atoms. The van der Waals surface area contributed by atoms with Crippen LogP contribution in [0.2, 0.25) is 5.02 Å². The summed E-state index contributed by atoms with van der Waals surface area (Å²) in [5.41, 5.74) is 7.19. The van der Waals surface area contributed by atoms with E-state index in [2.05, 4.69) is 0 Å².